The fourth-order valence-electron chi connectivity index (χ4n) is 4.62. The zero-order chi connectivity index (χ0) is 31.0. The highest BCUT2D eigenvalue weighted by atomic mass is 16.1. The van der Waals surface area contributed by atoms with Crippen molar-refractivity contribution in [3.63, 3.8) is 0 Å². The van der Waals surface area contributed by atoms with Crippen molar-refractivity contribution in [1.82, 2.24) is 9.97 Å². The Morgan fingerprint density at radius 1 is 1.00 bits per heavy atom. The van der Waals surface area contributed by atoms with Gasteiger partial charge in [0.2, 0.25) is 0 Å². The molecular formula is C36H54N5O+. The van der Waals surface area contributed by atoms with E-state index in [1.165, 1.54) is 47.5 Å². The van der Waals surface area contributed by atoms with Crippen LogP contribution in [-0.2, 0) is 11.2 Å². The number of carbonyl (C=O) groups is 1. The van der Waals surface area contributed by atoms with Crippen molar-refractivity contribution in [2.75, 3.05) is 31.3 Å². The standard InChI is InChI=1S/C19H27N2.C10H15N.C5H6N2O.C2H6/c1-15(2)16-7-6-8-17(13-16)20-19(10-11-19)14-18-9-4-5-12-21(18)3;1-8(2)9-5-4-6-10(7-9)11-3;8-4-1-5-6-2-3-7-5;1-2/h4,6-9,13,15,20H,5,10-12,14H2,1-3H3;4-8,11H,1-3H3;2-4H,1H2,(H,6,7);1-2H3/q+1;;;. The van der Waals surface area contributed by atoms with E-state index in [9.17, 15) is 4.79 Å². The normalized spacial score (nSPS) is 14.5. The number of nitrogens with one attached hydrogen (secondary N) is 3. The van der Waals surface area contributed by atoms with Gasteiger partial charge < -0.3 is 20.4 Å². The number of aromatic amines is 1. The molecule has 6 nitrogen and oxygen atoms in total. The number of hydrogen-bond donors (Lipinski definition) is 3. The second kappa shape index (κ2) is 18.0. The van der Waals surface area contributed by atoms with Gasteiger partial charge in [-0.1, -0.05) is 71.9 Å². The Hall–Kier alpha value is -3.67. The molecule has 0 spiro atoms. The molecular weight excluding hydrogens is 518 g/mol. The van der Waals surface area contributed by atoms with Crippen molar-refractivity contribution in [1.29, 1.82) is 0 Å². The number of benzene rings is 2. The highest BCUT2D eigenvalue weighted by molar-refractivity contribution is 5.92. The maximum Gasteiger partial charge on any atom is 0.177 e. The second-order valence-electron chi connectivity index (χ2n) is 11.4. The fraction of sp³-hybridized carbons (Fsp3) is 0.472. The van der Waals surface area contributed by atoms with E-state index >= 15 is 0 Å². The third-order valence-electron chi connectivity index (χ3n) is 7.44. The van der Waals surface area contributed by atoms with Gasteiger partial charge >= 0.3 is 0 Å². The van der Waals surface area contributed by atoms with E-state index in [1.54, 1.807) is 12.4 Å². The van der Waals surface area contributed by atoms with Crippen molar-refractivity contribution in [2.24, 2.45) is 0 Å². The molecule has 2 aromatic carbocycles. The van der Waals surface area contributed by atoms with E-state index < -0.39 is 0 Å². The van der Waals surface area contributed by atoms with Gasteiger partial charge in [-0.2, -0.15) is 0 Å². The topological polar surface area (TPSA) is 72.8 Å². The van der Waals surface area contributed by atoms with Crippen molar-refractivity contribution < 1.29 is 9.37 Å². The number of hydrogen-bond acceptors (Lipinski definition) is 4. The summed E-state index contributed by atoms with van der Waals surface area (Å²) in [6.07, 6.45) is 14.0. The van der Waals surface area contributed by atoms with Gasteiger partial charge in [0.05, 0.1) is 12.8 Å². The first-order chi connectivity index (χ1) is 20.2. The Balaban J connectivity index is 0.000000245. The monoisotopic (exact) mass is 572 g/mol. The van der Waals surface area contributed by atoms with E-state index in [-0.39, 0.29) is 0 Å². The highest BCUT2D eigenvalue weighted by Gasteiger charge is 2.45. The third-order valence-corrected chi connectivity index (χ3v) is 7.44. The zero-order valence-corrected chi connectivity index (χ0v) is 27.2. The minimum Gasteiger partial charge on any atom is -0.388 e. The van der Waals surface area contributed by atoms with E-state index in [0.717, 1.165) is 25.1 Å². The minimum absolute atomic E-state index is 0.293. The molecule has 0 radical (unpaired) electrons. The molecule has 6 heteroatoms. The van der Waals surface area contributed by atoms with Gasteiger partial charge in [-0.3, -0.25) is 0 Å². The van der Waals surface area contributed by atoms with Gasteiger partial charge in [0.25, 0.3) is 0 Å². The molecule has 1 aromatic heterocycles. The maximum absolute atomic E-state index is 9.81. The summed E-state index contributed by atoms with van der Waals surface area (Å²) in [5, 5.41) is 6.93. The molecule has 1 fully saturated rings. The van der Waals surface area contributed by atoms with Crippen LogP contribution in [0.25, 0.3) is 0 Å². The predicted molar refractivity (Wildman–Crippen MR) is 180 cm³/mol. The van der Waals surface area contributed by atoms with Crippen LogP contribution < -0.4 is 10.6 Å². The number of rotatable bonds is 9. The molecule has 42 heavy (non-hydrogen) atoms. The summed E-state index contributed by atoms with van der Waals surface area (Å²) in [6, 6.07) is 17.4. The highest BCUT2D eigenvalue weighted by Crippen LogP contribution is 2.42. The summed E-state index contributed by atoms with van der Waals surface area (Å²) in [7, 11) is 4.16. The largest absolute Gasteiger partial charge is 0.388 e. The minimum atomic E-state index is 0.293. The summed E-state index contributed by atoms with van der Waals surface area (Å²) < 4.78 is 2.41. The van der Waals surface area contributed by atoms with Gasteiger partial charge in [0.1, 0.15) is 25.7 Å². The molecule has 1 aliphatic heterocycles. The molecule has 2 heterocycles. The van der Waals surface area contributed by atoms with E-state index in [4.69, 9.17) is 0 Å². The Morgan fingerprint density at radius 2 is 1.62 bits per heavy atom. The van der Waals surface area contributed by atoms with Crippen LogP contribution in [0.15, 0.2) is 73.1 Å². The molecule has 0 atom stereocenters. The Labute approximate surface area is 254 Å². The van der Waals surface area contributed by atoms with Crippen molar-refractivity contribution in [3.8, 4) is 0 Å². The number of anilines is 2. The molecule has 0 saturated heterocycles. The number of nitrogens with zero attached hydrogens (tertiary/aromatic N) is 2. The van der Waals surface area contributed by atoms with Crippen LogP contribution in [0.3, 0.4) is 0 Å². The third kappa shape index (κ3) is 11.7. The number of carbonyl (C=O) groups excluding carboxylic acids is 1. The van der Waals surface area contributed by atoms with Crippen molar-refractivity contribution in [3.05, 3.63) is 90.0 Å². The van der Waals surface area contributed by atoms with Crippen LogP contribution in [0.2, 0.25) is 0 Å². The molecule has 228 valence electrons. The quantitative estimate of drug-likeness (QED) is 0.178. The smallest absolute Gasteiger partial charge is 0.177 e. The lowest BCUT2D eigenvalue weighted by atomic mass is 10.0. The molecule has 3 aromatic rings. The zero-order valence-electron chi connectivity index (χ0n) is 27.2. The lowest BCUT2D eigenvalue weighted by Crippen LogP contribution is -2.30. The molecule has 2 aliphatic rings. The second-order valence-corrected chi connectivity index (χ2v) is 11.4. The fourth-order valence-corrected chi connectivity index (χ4v) is 4.62. The van der Waals surface area contributed by atoms with Crippen molar-refractivity contribution in [2.45, 2.75) is 91.0 Å². The lowest BCUT2D eigenvalue weighted by molar-refractivity contribution is -0.498. The van der Waals surface area contributed by atoms with Crippen molar-refractivity contribution >= 4 is 23.4 Å². The molecule has 0 amide bonds. The van der Waals surface area contributed by atoms with Crippen LogP contribution in [0.1, 0.15) is 96.0 Å². The number of aldehydes is 1. The van der Waals surface area contributed by atoms with Gasteiger partial charge in [-0.15, -0.1) is 0 Å². The van der Waals surface area contributed by atoms with Crippen LogP contribution in [0, 0.1) is 0 Å². The number of H-pyrrole nitrogens is 1. The average Bonchev–Trinajstić information content (AvgIpc) is 3.55. The first kappa shape index (κ1) is 34.5. The molecule has 5 rings (SSSR count). The number of allylic oxidation sites excluding steroid dienone is 1. The SMILES string of the molecule is CC.CC(C)c1cccc(NC2(CC3=[N+](C)CCC=C3)CC2)c1.CNc1cccc(C(C)C)c1.O=CCc1ncc[nH]1. The Bertz CT molecular complexity index is 1250. The molecule has 1 aliphatic carbocycles. The average molecular weight is 573 g/mol. The molecule has 0 unspecified atom stereocenters. The van der Waals surface area contributed by atoms with Gasteiger partial charge in [0, 0.05) is 48.9 Å². The van der Waals surface area contributed by atoms with E-state index in [1.807, 2.05) is 20.9 Å². The molecule has 0 bridgehead atoms. The first-order valence-electron chi connectivity index (χ1n) is 15.6. The predicted octanol–water partition coefficient (Wildman–Crippen LogP) is 8.22. The number of aromatic nitrogens is 2. The molecule has 1 saturated carbocycles. The summed E-state index contributed by atoms with van der Waals surface area (Å²) in [5.74, 6) is 1.92. The van der Waals surface area contributed by atoms with Gasteiger partial charge in [-0.05, 0) is 60.1 Å². The van der Waals surface area contributed by atoms with E-state index in [2.05, 4.69) is 121 Å². The summed E-state index contributed by atoms with van der Waals surface area (Å²) in [4.78, 5) is 16.4. The Kier molecular flexibility index (Phi) is 14.8. The van der Waals surface area contributed by atoms with Crippen LogP contribution >= 0.6 is 0 Å². The van der Waals surface area contributed by atoms with Gasteiger partial charge in [0.15, 0.2) is 5.71 Å². The van der Waals surface area contributed by atoms with E-state index in [0.29, 0.717) is 23.8 Å². The lowest BCUT2D eigenvalue weighted by Gasteiger charge is -2.20. The summed E-state index contributed by atoms with van der Waals surface area (Å²) in [5.41, 5.74) is 7.04. The van der Waals surface area contributed by atoms with Crippen LogP contribution in [-0.4, -0.2) is 52.7 Å². The maximum atomic E-state index is 9.81. The van der Waals surface area contributed by atoms with Gasteiger partial charge in [-0.25, -0.2) is 9.56 Å². The van der Waals surface area contributed by atoms with Crippen LogP contribution in [0.4, 0.5) is 11.4 Å². The number of imidazole rings is 1. The summed E-state index contributed by atoms with van der Waals surface area (Å²) >= 11 is 0. The Morgan fingerprint density at radius 3 is 2.12 bits per heavy atom. The summed E-state index contributed by atoms with van der Waals surface area (Å²) in [6.45, 7) is 14.1. The first-order valence-corrected chi connectivity index (χ1v) is 15.6. The van der Waals surface area contributed by atoms with Crippen LogP contribution in [0.5, 0.6) is 0 Å². The molecule has 3 N–H and O–H groups in total.